The van der Waals surface area contributed by atoms with Crippen LogP contribution in [0.2, 0.25) is 0 Å². The maximum Gasteiger partial charge on any atom is 0.339 e. The van der Waals surface area contributed by atoms with E-state index in [-0.39, 0.29) is 0 Å². The number of pyridine rings is 1. The van der Waals surface area contributed by atoms with Crippen molar-refractivity contribution in [1.29, 1.82) is 0 Å². The Labute approximate surface area is 106 Å². The van der Waals surface area contributed by atoms with Gasteiger partial charge in [0.2, 0.25) is 0 Å². The Kier molecular flexibility index (Phi) is 3.19. The van der Waals surface area contributed by atoms with Crippen molar-refractivity contribution in [2.24, 2.45) is 7.05 Å². The van der Waals surface area contributed by atoms with Crippen molar-refractivity contribution in [3.05, 3.63) is 38.5 Å². The number of aromatic nitrogens is 4. The average molecular weight is 265 g/mol. The van der Waals surface area contributed by atoms with Crippen molar-refractivity contribution in [3.8, 4) is 0 Å². The number of nitrogen functional groups attached to an aromatic ring is 1. The Balaban J connectivity index is 2.40. The van der Waals surface area contributed by atoms with Gasteiger partial charge in [-0.15, -0.1) is 0 Å². The lowest BCUT2D eigenvalue weighted by molar-refractivity contribution is 0.596. The number of hydrogen-bond donors (Lipinski definition) is 2. The molecule has 7 nitrogen and oxygen atoms in total. The van der Waals surface area contributed by atoms with E-state index in [0.717, 1.165) is 17.3 Å². The molecular formula is C10H11N5O2S. The SMILES string of the molecule is Cc1cnc(Sc2nc(=O)c(=O)[nH]n2C)cc1N. The first kappa shape index (κ1) is 12.4. The van der Waals surface area contributed by atoms with E-state index in [1.807, 2.05) is 6.92 Å². The number of rotatable bonds is 2. The molecule has 18 heavy (non-hydrogen) atoms. The number of nitrogens with zero attached hydrogens (tertiary/aromatic N) is 3. The van der Waals surface area contributed by atoms with Gasteiger partial charge in [-0.3, -0.25) is 19.4 Å². The maximum absolute atomic E-state index is 11.2. The van der Waals surface area contributed by atoms with Crippen LogP contribution in [0.5, 0.6) is 0 Å². The molecule has 0 saturated heterocycles. The monoisotopic (exact) mass is 265 g/mol. The van der Waals surface area contributed by atoms with Crippen LogP contribution in [-0.2, 0) is 7.05 Å². The Bertz CT molecular complexity index is 706. The summed E-state index contributed by atoms with van der Waals surface area (Å²) in [6.07, 6.45) is 1.64. The molecule has 2 aromatic rings. The molecule has 3 N–H and O–H groups in total. The van der Waals surface area contributed by atoms with E-state index in [9.17, 15) is 9.59 Å². The third-order valence-electron chi connectivity index (χ3n) is 2.26. The van der Waals surface area contributed by atoms with Gasteiger partial charge in [0, 0.05) is 18.9 Å². The molecule has 0 spiro atoms. The van der Waals surface area contributed by atoms with Crippen LogP contribution >= 0.6 is 11.8 Å². The highest BCUT2D eigenvalue weighted by molar-refractivity contribution is 7.99. The fourth-order valence-corrected chi connectivity index (χ4v) is 2.01. The molecule has 0 aliphatic carbocycles. The van der Waals surface area contributed by atoms with Gasteiger partial charge in [0.15, 0.2) is 5.16 Å². The Morgan fingerprint density at radius 1 is 1.44 bits per heavy atom. The van der Waals surface area contributed by atoms with Crippen LogP contribution < -0.4 is 16.9 Å². The summed E-state index contributed by atoms with van der Waals surface area (Å²) in [5, 5.41) is 3.31. The first-order valence-corrected chi connectivity index (χ1v) is 5.86. The molecule has 0 aliphatic rings. The number of H-pyrrole nitrogens is 1. The van der Waals surface area contributed by atoms with Gasteiger partial charge in [0.25, 0.3) is 0 Å². The number of anilines is 1. The van der Waals surface area contributed by atoms with Gasteiger partial charge in [-0.1, -0.05) is 0 Å². The molecule has 0 atom stereocenters. The Morgan fingerprint density at radius 3 is 2.83 bits per heavy atom. The summed E-state index contributed by atoms with van der Waals surface area (Å²) in [5.41, 5.74) is 5.68. The summed E-state index contributed by atoms with van der Waals surface area (Å²) in [7, 11) is 1.59. The van der Waals surface area contributed by atoms with Crippen molar-refractivity contribution in [2.45, 2.75) is 17.1 Å². The third kappa shape index (κ3) is 2.43. The number of nitrogens with one attached hydrogen (secondary N) is 1. The highest BCUT2D eigenvalue weighted by atomic mass is 32.2. The second kappa shape index (κ2) is 4.65. The van der Waals surface area contributed by atoms with Crippen LogP contribution in [-0.4, -0.2) is 19.7 Å². The molecular weight excluding hydrogens is 254 g/mol. The number of aryl methyl sites for hydroxylation is 2. The second-order valence-corrected chi connectivity index (χ2v) is 4.67. The van der Waals surface area contributed by atoms with Gasteiger partial charge < -0.3 is 5.73 Å². The fourth-order valence-electron chi connectivity index (χ4n) is 1.22. The second-order valence-electron chi connectivity index (χ2n) is 3.68. The molecule has 2 aromatic heterocycles. The summed E-state index contributed by atoms with van der Waals surface area (Å²) in [6.45, 7) is 1.85. The largest absolute Gasteiger partial charge is 0.398 e. The van der Waals surface area contributed by atoms with Gasteiger partial charge >= 0.3 is 11.1 Å². The minimum absolute atomic E-state index is 0.343. The molecule has 2 heterocycles. The van der Waals surface area contributed by atoms with Gasteiger partial charge in [0.05, 0.1) is 0 Å². The predicted molar refractivity (Wildman–Crippen MR) is 67.6 cm³/mol. The molecule has 0 amide bonds. The Morgan fingerprint density at radius 2 is 2.17 bits per heavy atom. The zero-order valence-corrected chi connectivity index (χ0v) is 10.6. The normalized spacial score (nSPS) is 10.6. The molecule has 0 aliphatic heterocycles. The lowest BCUT2D eigenvalue weighted by Crippen LogP contribution is -2.33. The molecule has 0 bridgehead atoms. The summed E-state index contributed by atoms with van der Waals surface area (Å²) in [6, 6.07) is 1.69. The number of hydrogen-bond acceptors (Lipinski definition) is 6. The minimum Gasteiger partial charge on any atom is -0.398 e. The van der Waals surface area contributed by atoms with Gasteiger partial charge in [-0.25, -0.2) is 4.98 Å². The third-order valence-corrected chi connectivity index (χ3v) is 3.24. The molecule has 0 saturated carbocycles. The van der Waals surface area contributed by atoms with E-state index in [4.69, 9.17) is 5.73 Å². The summed E-state index contributed by atoms with van der Waals surface area (Å²) in [4.78, 5) is 30.1. The van der Waals surface area contributed by atoms with E-state index in [1.54, 1.807) is 19.3 Å². The van der Waals surface area contributed by atoms with Crippen molar-refractivity contribution in [3.63, 3.8) is 0 Å². The first-order chi connectivity index (χ1) is 8.47. The van der Waals surface area contributed by atoms with E-state index >= 15 is 0 Å². The molecule has 0 fully saturated rings. The van der Waals surface area contributed by atoms with Crippen LogP contribution in [0.4, 0.5) is 5.69 Å². The summed E-state index contributed by atoms with van der Waals surface area (Å²) < 4.78 is 1.37. The van der Waals surface area contributed by atoms with E-state index in [0.29, 0.717) is 15.9 Å². The zero-order valence-electron chi connectivity index (χ0n) is 9.80. The van der Waals surface area contributed by atoms with Crippen LogP contribution in [0.25, 0.3) is 0 Å². The summed E-state index contributed by atoms with van der Waals surface area (Å²) in [5.74, 6) is 0. The van der Waals surface area contributed by atoms with Crippen molar-refractivity contribution in [2.75, 3.05) is 5.73 Å². The topological polar surface area (TPSA) is 107 Å². The lowest BCUT2D eigenvalue weighted by atomic mass is 10.3. The van der Waals surface area contributed by atoms with Crippen LogP contribution in [0.3, 0.4) is 0 Å². The predicted octanol–water partition coefficient (Wildman–Crippen LogP) is -0.0946. The van der Waals surface area contributed by atoms with Crippen LogP contribution in [0, 0.1) is 6.92 Å². The van der Waals surface area contributed by atoms with E-state index < -0.39 is 11.1 Å². The fraction of sp³-hybridized carbons (Fsp3) is 0.200. The van der Waals surface area contributed by atoms with Gasteiger partial charge in [-0.2, -0.15) is 4.98 Å². The smallest absolute Gasteiger partial charge is 0.339 e. The highest BCUT2D eigenvalue weighted by Gasteiger charge is 2.07. The van der Waals surface area contributed by atoms with Crippen LogP contribution in [0.1, 0.15) is 5.56 Å². The maximum atomic E-state index is 11.2. The van der Waals surface area contributed by atoms with Crippen LogP contribution in [0.15, 0.2) is 32.0 Å². The van der Waals surface area contributed by atoms with E-state index in [2.05, 4.69) is 15.1 Å². The number of nitrogens with two attached hydrogens (primary N) is 1. The molecule has 2 rings (SSSR count). The van der Waals surface area contributed by atoms with E-state index in [1.165, 1.54) is 4.68 Å². The van der Waals surface area contributed by atoms with Crippen molar-refractivity contribution < 1.29 is 0 Å². The lowest BCUT2D eigenvalue weighted by Gasteiger charge is -2.06. The van der Waals surface area contributed by atoms with Gasteiger partial charge in [0.1, 0.15) is 5.03 Å². The highest BCUT2D eigenvalue weighted by Crippen LogP contribution is 2.24. The Hall–Kier alpha value is -2.09. The average Bonchev–Trinajstić information content (AvgIpc) is 2.31. The number of aromatic amines is 1. The standard InChI is InChI=1S/C10H11N5O2S/c1-5-4-12-7(3-6(5)11)18-10-13-8(16)9(17)14-15(10)2/h3-4H,1-2H3,(H2,11,12)(H,14,17). The van der Waals surface area contributed by atoms with Crippen molar-refractivity contribution >= 4 is 17.4 Å². The summed E-state index contributed by atoms with van der Waals surface area (Å²) >= 11 is 1.15. The molecule has 0 unspecified atom stereocenters. The quantitative estimate of drug-likeness (QED) is 0.735. The molecule has 8 heteroatoms. The molecule has 0 radical (unpaired) electrons. The van der Waals surface area contributed by atoms with Crippen molar-refractivity contribution in [1.82, 2.24) is 19.7 Å². The minimum atomic E-state index is -0.823. The molecule has 94 valence electrons. The molecule has 0 aromatic carbocycles. The zero-order chi connectivity index (χ0) is 13.3. The first-order valence-electron chi connectivity index (χ1n) is 5.04. The van der Waals surface area contributed by atoms with Gasteiger partial charge in [-0.05, 0) is 30.3 Å².